The summed E-state index contributed by atoms with van der Waals surface area (Å²) in [4.78, 5) is 28.4. The van der Waals surface area contributed by atoms with E-state index in [9.17, 15) is 20.0 Å². The number of aromatic hydroxyl groups is 1. The van der Waals surface area contributed by atoms with Crippen LogP contribution in [0.3, 0.4) is 0 Å². The van der Waals surface area contributed by atoms with E-state index in [1.54, 1.807) is 6.07 Å². The number of fused-ring (bicyclic) bond motifs is 1. The number of nitro benzene ring substituents is 1. The normalized spacial score (nSPS) is 11.4. The summed E-state index contributed by atoms with van der Waals surface area (Å²) in [5.74, 6) is -0.428. The minimum atomic E-state index is -0.690. The van der Waals surface area contributed by atoms with Crippen LogP contribution in [-0.4, -0.2) is 25.9 Å². The van der Waals surface area contributed by atoms with E-state index in [2.05, 4.69) is 10.1 Å². The largest absolute Gasteiger partial charge is 0.502 e. The summed E-state index contributed by atoms with van der Waals surface area (Å²) in [6, 6.07) is 5.64. The van der Waals surface area contributed by atoms with Crippen molar-refractivity contribution in [1.29, 1.82) is 0 Å². The van der Waals surface area contributed by atoms with Crippen LogP contribution < -0.4 is 5.56 Å². The van der Waals surface area contributed by atoms with Crippen molar-refractivity contribution in [3.8, 4) is 5.75 Å². The topological polar surface area (TPSA) is 111 Å². The molecule has 0 atom stereocenters. The lowest BCUT2D eigenvalue weighted by atomic mass is 10.2. The first-order valence-electron chi connectivity index (χ1n) is 7.01. The van der Waals surface area contributed by atoms with Gasteiger partial charge in [-0.1, -0.05) is 6.92 Å². The molecule has 3 rings (SSSR count). The summed E-state index contributed by atoms with van der Waals surface area (Å²) in [6.07, 6.45) is 3.43. The Labute approximate surface area is 139 Å². The average Bonchev–Trinajstić information content (AvgIpc) is 2.99. The van der Waals surface area contributed by atoms with Crippen LogP contribution in [0, 0.1) is 10.1 Å². The molecule has 0 fully saturated rings. The number of phenols is 1. The van der Waals surface area contributed by atoms with Crippen LogP contribution in [0.4, 0.5) is 5.69 Å². The Morgan fingerprint density at radius 2 is 2.25 bits per heavy atom. The molecule has 3 aromatic rings. The molecule has 122 valence electrons. The van der Waals surface area contributed by atoms with Crippen molar-refractivity contribution in [1.82, 2.24) is 9.66 Å². The van der Waals surface area contributed by atoms with Gasteiger partial charge in [0.1, 0.15) is 11.2 Å². The first kappa shape index (κ1) is 15.8. The number of thiophene rings is 1. The van der Waals surface area contributed by atoms with Crippen molar-refractivity contribution in [3.63, 3.8) is 0 Å². The Hall–Kier alpha value is -3.07. The molecule has 2 aromatic heterocycles. The van der Waals surface area contributed by atoms with Gasteiger partial charge >= 0.3 is 5.69 Å². The van der Waals surface area contributed by atoms with Crippen LogP contribution in [0.25, 0.3) is 10.2 Å². The van der Waals surface area contributed by atoms with Crippen LogP contribution in [0.15, 0.2) is 40.5 Å². The van der Waals surface area contributed by atoms with Crippen LogP contribution >= 0.6 is 11.3 Å². The van der Waals surface area contributed by atoms with E-state index >= 15 is 0 Å². The molecule has 0 radical (unpaired) electrons. The standard InChI is InChI=1S/C15H12N4O4S/c1-2-10-6-11-14(24-10)16-8-18(15(11)21)17-7-9-3-4-13(20)12(5-9)19(22)23/h3-8,20H,2H2,1H3/b17-7+. The van der Waals surface area contributed by atoms with E-state index in [0.717, 1.165) is 16.0 Å². The Bertz CT molecular complexity index is 1020. The molecule has 0 amide bonds. The maximum Gasteiger partial charge on any atom is 0.311 e. The molecule has 0 spiro atoms. The van der Waals surface area contributed by atoms with Gasteiger partial charge in [0.15, 0.2) is 5.75 Å². The van der Waals surface area contributed by atoms with Crippen molar-refractivity contribution >= 4 is 33.5 Å². The molecule has 0 bridgehead atoms. The second kappa shape index (κ2) is 6.20. The lowest BCUT2D eigenvalue weighted by Crippen LogP contribution is -2.16. The van der Waals surface area contributed by atoms with Crippen LogP contribution in [0.2, 0.25) is 0 Å². The molecule has 0 aliphatic heterocycles. The molecule has 0 aliphatic rings. The first-order chi connectivity index (χ1) is 11.5. The SMILES string of the molecule is CCc1cc2c(=O)n(/N=C/c3ccc(O)c([N+](=O)[O-])c3)cnc2s1. The molecular formula is C15H12N4O4S. The molecule has 1 N–H and O–H groups in total. The van der Waals surface area contributed by atoms with E-state index in [-0.39, 0.29) is 5.56 Å². The van der Waals surface area contributed by atoms with E-state index < -0.39 is 16.4 Å². The minimum Gasteiger partial charge on any atom is -0.502 e. The summed E-state index contributed by atoms with van der Waals surface area (Å²) >= 11 is 1.46. The Kier molecular flexibility index (Phi) is 4.09. The van der Waals surface area contributed by atoms with Gasteiger partial charge in [-0.05, 0) is 24.6 Å². The van der Waals surface area contributed by atoms with E-state index in [1.807, 2.05) is 6.92 Å². The smallest absolute Gasteiger partial charge is 0.311 e. The molecule has 24 heavy (non-hydrogen) atoms. The third-order valence-electron chi connectivity index (χ3n) is 3.36. The van der Waals surface area contributed by atoms with Gasteiger partial charge in [0.25, 0.3) is 5.56 Å². The first-order valence-corrected chi connectivity index (χ1v) is 7.83. The zero-order valence-corrected chi connectivity index (χ0v) is 13.4. The van der Waals surface area contributed by atoms with Crippen LogP contribution in [-0.2, 0) is 6.42 Å². The number of nitrogens with zero attached hydrogens (tertiary/aromatic N) is 4. The molecule has 0 aliphatic carbocycles. The molecule has 1 aromatic carbocycles. The quantitative estimate of drug-likeness (QED) is 0.444. The number of nitro groups is 1. The van der Waals surface area contributed by atoms with Crippen molar-refractivity contribution in [2.24, 2.45) is 5.10 Å². The highest BCUT2D eigenvalue weighted by Crippen LogP contribution is 2.25. The zero-order chi connectivity index (χ0) is 17.3. The summed E-state index contributed by atoms with van der Waals surface area (Å²) in [6.45, 7) is 2.00. The van der Waals surface area contributed by atoms with E-state index in [0.29, 0.717) is 15.8 Å². The third-order valence-corrected chi connectivity index (χ3v) is 4.55. The maximum atomic E-state index is 12.4. The maximum absolute atomic E-state index is 12.4. The fourth-order valence-corrected chi connectivity index (χ4v) is 3.04. The predicted octanol–water partition coefficient (Wildman–Crippen LogP) is 2.52. The number of benzene rings is 1. The van der Waals surface area contributed by atoms with Gasteiger partial charge in [-0.25, -0.2) is 4.98 Å². The minimum absolute atomic E-state index is 0.305. The van der Waals surface area contributed by atoms with E-state index in [4.69, 9.17) is 0 Å². The molecule has 8 nitrogen and oxygen atoms in total. The Morgan fingerprint density at radius 3 is 2.96 bits per heavy atom. The second-order valence-electron chi connectivity index (χ2n) is 4.93. The van der Waals surface area contributed by atoms with Gasteiger partial charge in [0, 0.05) is 16.5 Å². The van der Waals surface area contributed by atoms with Crippen molar-refractivity contribution < 1.29 is 10.0 Å². The number of rotatable bonds is 4. The molecule has 2 heterocycles. The molecule has 0 saturated carbocycles. The van der Waals surface area contributed by atoms with Gasteiger partial charge < -0.3 is 5.11 Å². The second-order valence-corrected chi connectivity index (χ2v) is 6.04. The number of hydrogen-bond donors (Lipinski definition) is 1. The lowest BCUT2D eigenvalue weighted by molar-refractivity contribution is -0.385. The number of aromatic nitrogens is 2. The predicted molar refractivity (Wildman–Crippen MR) is 91.0 cm³/mol. The van der Waals surface area contributed by atoms with Gasteiger partial charge in [-0.3, -0.25) is 14.9 Å². The highest BCUT2D eigenvalue weighted by molar-refractivity contribution is 7.18. The summed E-state index contributed by atoms with van der Waals surface area (Å²) in [5.41, 5.74) is -0.350. The molecular weight excluding hydrogens is 332 g/mol. The molecule has 0 unspecified atom stereocenters. The third kappa shape index (κ3) is 2.88. The molecule has 0 saturated heterocycles. The van der Waals surface area contributed by atoms with Gasteiger partial charge in [-0.2, -0.15) is 9.78 Å². The zero-order valence-electron chi connectivity index (χ0n) is 12.5. The van der Waals surface area contributed by atoms with E-state index in [1.165, 1.54) is 42.1 Å². The summed E-state index contributed by atoms with van der Waals surface area (Å²) < 4.78 is 1.08. The fourth-order valence-electron chi connectivity index (χ4n) is 2.12. The summed E-state index contributed by atoms with van der Waals surface area (Å²) in [5, 5.41) is 24.7. The highest BCUT2D eigenvalue weighted by atomic mass is 32.1. The number of hydrogen-bond acceptors (Lipinski definition) is 7. The summed E-state index contributed by atoms with van der Waals surface area (Å²) in [7, 11) is 0. The number of aryl methyl sites for hydroxylation is 1. The lowest BCUT2D eigenvalue weighted by Gasteiger charge is -1.99. The van der Waals surface area contributed by atoms with Crippen LogP contribution in [0.1, 0.15) is 17.4 Å². The van der Waals surface area contributed by atoms with Crippen LogP contribution in [0.5, 0.6) is 5.75 Å². The van der Waals surface area contributed by atoms with Crippen molar-refractivity contribution in [2.75, 3.05) is 0 Å². The monoisotopic (exact) mass is 344 g/mol. The van der Waals surface area contributed by atoms with Crippen molar-refractivity contribution in [2.45, 2.75) is 13.3 Å². The van der Waals surface area contributed by atoms with Gasteiger partial charge in [-0.15, -0.1) is 11.3 Å². The Balaban J connectivity index is 1.99. The highest BCUT2D eigenvalue weighted by Gasteiger charge is 2.13. The average molecular weight is 344 g/mol. The molecule has 9 heteroatoms. The van der Waals surface area contributed by atoms with Crippen molar-refractivity contribution in [3.05, 3.63) is 61.5 Å². The Morgan fingerprint density at radius 1 is 1.46 bits per heavy atom. The fraction of sp³-hybridized carbons (Fsp3) is 0.133. The van der Waals surface area contributed by atoms with Gasteiger partial charge in [0.2, 0.25) is 0 Å². The number of phenolic OH excluding ortho intramolecular Hbond substituents is 1. The van der Waals surface area contributed by atoms with Gasteiger partial charge in [0.05, 0.1) is 16.5 Å².